The van der Waals surface area contributed by atoms with Gasteiger partial charge in [-0.05, 0) is 61.3 Å². The van der Waals surface area contributed by atoms with Crippen LogP contribution in [0.3, 0.4) is 0 Å². The van der Waals surface area contributed by atoms with Crippen LogP contribution in [-0.4, -0.2) is 12.6 Å². The van der Waals surface area contributed by atoms with Crippen LogP contribution in [-0.2, 0) is 6.42 Å². The highest BCUT2D eigenvalue weighted by Gasteiger charge is 2.48. The van der Waals surface area contributed by atoms with Gasteiger partial charge in [-0.2, -0.15) is 0 Å². The van der Waals surface area contributed by atoms with Gasteiger partial charge in [-0.1, -0.05) is 22.4 Å². The molecule has 2 saturated carbocycles. The van der Waals surface area contributed by atoms with Crippen LogP contribution in [0.1, 0.15) is 31.2 Å². The zero-order valence-electron chi connectivity index (χ0n) is 10.8. The van der Waals surface area contributed by atoms with Crippen LogP contribution >= 0.6 is 15.9 Å². The van der Waals surface area contributed by atoms with Crippen molar-refractivity contribution >= 4 is 15.9 Å². The Morgan fingerprint density at radius 2 is 2.28 bits per heavy atom. The summed E-state index contributed by atoms with van der Waals surface area (Å²) in [7, 11) is 1.71. The van der Waals surface area contributed by atoms with Crippen molar-refractivity contribution in [1.29, 1.82) is 0 Å². The monoisotopic (exact) mass is 309 g/mol. The van der Waals surface area contributed by atoms with Crippen molar-refractivity contribution in [2.45, 2.75) is 37.6 Å². The highest BCUT2D eigenvalue weighted by molar-refractivity contribution is 9.10. The molecule has 1 aromatic rings. The maximum absolute atomic E-state index is 6.68. The van der Waals surface area contributed by atoms with E-state index in [2.05, 4.69) is 28.1 Å². The van der Waals surface area contributed by atoms with E-state index < -0.39 is 0 Å². The third kappa shape index (κ3) is 2.08. The SMILES string of the molecule is COc1ccc(Br)c(CC2(N)CC3CCC2C3)c1. The summed E-state index contributed by atoms with van der Waals surface area (Å²) in [5.74, 6) is 2.52. The topological polar surface area (TPSA) is 35.2 Å². The molecule has 3 heteroatoms. The molecule has 2 aliphatic carbocycles. The van der Waals surface area contributed by atoms with Crippen molar-refractivity contribution in [3.8, 4) is 5.75 Å². The van der Waals surface area contributed by atoms with Crippen LogP contribution in [0.15, 0.2) is 22.7 Å². The molecule has 3 rings (SSSR count). The predicted octanol–water partition coefficient (Wildman–Crippen LogP) is 3.52. The van der Waals surface area contributed by atoms with Crippen molar-refractivity contribution in [3.05, 3.63) is 28.2 Å². The maximum atomic E-state index is 6.68. The summed E-state index contributed by atoms with van der Waals surface area (Å²) in [5, 5.41) is 0. The molecule has 3 atom stereocenters. The zero-order chi connectivity index (χ0) is 12.8. The Labute approximate surface area is 117 Å². The van der Waals surface area contributed by atoms with Gasteiger partial charge in [0.1, 0.15) is 5.75 Å². The molecular weight excluding hydrogens is 290 g/mol. The van der Waals surface area contributed by atoms with Crippen LogP contribution < -0.4 is 10.5 Å². The minimum absolute atomic E-state index is 0.0117. The van der Waals surface area contributed by atoms with Gasteiger partial charge in [-0.25, -0.2) is 0 Å². The molecule has 98 valence electrons. The smallest absolute Gasteiger partial charge is 0.119 e. The number of ether oxygens (including phenoxy) is 1. The lowest BCUT2D eigenvalue weighted by molar-refractivity contribution is 0.269. The standard InChI is InChI=1S/C15H20BrNO/c1-18-13-4-5-14(16)11(7-13)9-15(17)8-10-2-3-12(15)6-10/h4-5,7,10,12H,2-3,6,8-9,17H2,1H3. The number of halogens is 1. The van der Waals surface area contributed by atoms with E-state index >= 15 is 0 Å². The molecule has 0 heterocycles. The van der Waals surface area contributed by atoms with Gasteiger partial charge in [0.15, 0.2) is 0 Å². The van der Waals surface area contributed by atoms with Crippen molar-refractivity contribution in [1.82, 2.24) is 0 Å². The summed E-state index contributed by atoms with van der Waals surface area (Å²) in [4.78, 5) is 0. The molecule has 0 aromatic heterocycles. The molecule has 2 fully saturated rings. The van der Waals surface area contributed by atoms with E-state index in [9.17, 15) is 0 Å². The van der Waals surface area contributed by atoms with Gasteiger partial charge in [0.25, 0.3) is 0 Å². The Hall–Kier alpha value is -0.540. The lowest BCUT2D eigenvalue weighted by atomic mass is 9.77. The zero-order valence-corrected chi connectivity index (χ0v) is 12.4. The maximum Gasteiger partial charge on any atom is 0.119 e. The quantitative estimate of drug-likeness (QED) is 0.927. The van der Waals surface area contributed by atoms with E-state index in [1.54, 1.807) is 7.11 Å². The summed E-state index contributed by atoms with van der Waals surface area (Å²) < 4.78 is 6.46. The summed E-state index contributed by atoms with van der Waals surface area (Å²) in [5.41, 5.74) is 7.97. The molecule has 0 saturated heterocycles. The average molecular weight is 310 g/mol. The van der Waals surface area contributed by atoms with Gasteiger partial charge in [-0.15, -0.1) is 0 Å². The molecule has 0 spiro atoms. The first-order valence-electron chi connectivity index (χ1n) is 6.72. The molecule has 0 aliphatic heterocycles. The van der Waals surface area contributed by atoms with Gasteiger partial charge in [0.05, 0.1) is 7.11 Å². The third-order valence-corrected chi connectivity index (χ3v) is 5.57. The van der Waals surface area contributed by atoms with Crippen LogP contribution in [0.25, 0.3) is 0 Å². The lowest BCUT2D eigenvalue weighted by Gasteiger charge is -2.34. The van der Waals surface area contributed by atoms with Crippen LogP contribution in [0.5, 0.6) is 5.75 Å². The van der Waals surface area contributed by atoms with Crippen LogP contribution in [0, 0.1) is 11.8 Å². The average Bonchev–Trinajstić information content (AvgIpc) is 2.92. The third-order valence-electron chi connectivity index (χ3n) is 4.80. The first-order chi connectivity index (χ1) is 8.60. The number of benzene rings is 1. The minimum Gasteiger partial charge on any atom is -0.497 e. The van der Waals surface area contributed by atoms with E-state index in [0.717, 1.165) is 28.5 Å². The Balaban J connectivity index is 1.84. The first kappa shape index (κ1) is 12.5. The van der Waals surface area contributed by atoms with Crippen molar-refractivity contribution in [2.75, 3.05) is 7.11 Å². The summed E-state index contributed by atoms with van der Waals surface area (Å²) in [6.45, 7) is 0. The number of hydrogen-bond acceptors (Lipinski definition) is 2. The molecule has 2 nitrogen and oxygen atoms in total. The van der Waals surface area contributed by atoms with Crippen LogP contribution in [0.4, 0.5) is 0 Å². The van der Waals surface area contributed by atoms with Gasteiger partial charge in [0, 0.05) is 10.0 Å². The highest BCUT2D eigenvalue weighted by atomic mass is 79.9. The molecule has 2 N–H and O–H groups in total. The number of methoxy groups -OCH3 is 1. The van der Waals surface area contributed by atoms with Crippen molar-refractivity contribution < 1.29 is 4.74 Å². The first-order valence-corrected chi connectivity index (χ1v) is 7.51. The second kappa shape index (κ2) is 4.53. The Bertz CT molecular complexity index is 462. The van der Waals surface area contributed by atoms with Gasteiger partial charge >= 0.3 is 0 Å². The Morgan fingerprint density at radius 3 is 2.89 bits per heavy atom. The van der Waals surface area contributed by atoms with E-state index in [1.165, 1.54) is 31.2 Å². The largest absolute Gasteiger partial charge is 0.497 e. The fraction of sp³-hybridized carbons (Fsp3) is 0.600. The molecule has 3 unspecified atom stereocenters. The second-order valence-electron chi connectivity index (χ2n) is 5.95. The number of rotatable bonds is 3. The van der Waals surface area contributed by atoms with E-state index in [4.69, 9.17) is 10.5 Å². The number of hydrogen-bond donors (Lipinski definition) is 1. The summed E-state index contributed by atoms with van der Waals surface area (Å²) >= 11 is 3.63. The summed E-state index contributed by atoms with van der Waals surface area (Å²) in [6, 6.07) is 6.16. The minimum atomic E-state index is 0.0117. The summed E-state index contributed by atoms with van der Waals surface area (Å²) in [6.07, 6.45) is 6.22. The second-order valence-corrected chi connectivity index (χ2v) is 6.80. The van der Waals surface area contributed by atoms with Crippen molar-refractivity contribution in [3.63, 3.8) is 0 Å². The van der Waals surface area contributed by atoms with E-state index in [0.29, 0.717) is 0 Å². The molecule has 2 aliphatic rings. The van der Waals surface area contributed by atoms with Gasteiger partial charge in [-0.3, -0.25) is 0 Å². The van der Waals surface area contributed by atoms with E-state index in [-0.39, 0.29) is 5.54 Å². The van der Waals surface area contributed by atoms with Crippen molar-refractivity contribution in [2.24, 2.45) is 17.6 Å². The molecule has 0 radical (unpaired) electrons. The fourth-order valence-corrected chi connectivity index (χ4v) is 4.26. The molecule has 18 heavy (non-hydrogen) atoms. The Morgan fingerprint density at radius 1 is 1.44 bits per heavy atom. The Kier molecular flexibility index (Phi) is 3.15. The number of nitrogens with two attached hydrogens (primary N) is 1. The van der Waals surface area contributed by atoms with Crippen LogP contribution in [0.2, 0.25) is 0 Å². The molecule has 1 aromatic carbocycles. The normalized spacial score (nSPS) is 33.9. The van der Waals surface area contributed by atoms with Gasteiger partial charge in [0.2, 0.25) is 0 Å². The molecule has 2 bridgehead atoms. The van der Waals surface area contributed by atoms with E-state index in [1.807, 2.05) is 6.07 Å². The molecule has 0 amide bonds. The molecular formula is C15H20BrNO. The highest BCUT2D eigenvalue weighted by Crippen LogP contribution is 2.51. The predicted molar refractivity (Wildman–Crippen MR) is 76.8 cm³/mol. The lowest BCUT2D eigenvalue weighted by Crippen LogP contribution is -2.47. The number of fused-ring (bicyclic) bond motifs is 2. The fourth-order valence-electron chi connectivity index (χ4n) is 3.87. The van der Waals surface area contributed by atoms with Gasteiger partial charge < -0.3 is 10.5 Å².